The van der Waals surface area contributed by atoms with Gasteiger partial charge in [-0.15, -0.1) is 0 Å². The second-order valence-electron chi connectivity index (χ2n) is 3.59. The van der Waals surface area contributed by atoms with Crippen molar-refractivity contribution >= 4 is 17.4 Å². The number of allylic oxidation sites excluding steroid dienone is 1. The molecule has 76 valence electrons. The maximum absolute atomic E-state index is 11.6. The fourth-order valence-corrected chi connectivity index (χ4v) is 1.57. The van der Waals surface area contributed by atoms with Crippen LogP contribution in [0.4, 0.5) is 5.69 Å². The van der Waals surface area contributed by atoms with Crippen LogP contribution in [0, 0.1) is 0 Å². The molecule has 0 aromatic heterocycles. The summed E-state index contributed by atoms with van der Waals surface area (Å²) in [5.41, 5.74) is 1.64. The molecule has 0 aliphatic carbocycles. The van der Waals surface area contributed by atoms with Gasteiger partial charge in [0.25, 0.3) is 5.91 Å². The number of anilines is 1. The van der Waals surface area contributed by atoms with Gasteiger partial charge in [0.1, 0.15) is 0 Å². The van der Waals surface area contributed by atoms with Gasteiger partial charge < -0.3 is 0 Å². The highest BCUT2D eigenvalue weighted by Crippen LogP contribution is 2.20. The number of para-hydroxylation sites is 1. The van der Waals surface area contributed by atoms with Crippen molar-refractivity contribution in [2.75, 3.05) is 4.90 Å². The van der Waals surface area contributed by atoms with E-state index in [0.717, 1.165) is 11.3 Å². The number of carbonyl (C=O) groups is 2. The average molecular weight is 201 g/mol. The number of benzene rings is 1. The minimum atomic E-state index is -0.452. The maximum atomic E-state index is 11.6. The smallest absolute Gasteiger partial charge is 0.288 e. The number of nitrogens with zero attached hydrogens (tertiary/aromatic N) is 1. The van der Waals surface area contributed by atoms with Gasteiger partial charge in [0.15, 0.2) is 0 Å². The Morgan fingerprint density at radius 3 is 2.47 bits per heavy atom. The summed E-state index contributed by atoms with van der Waals surface area (Å²) in [5, 5.41) is 0. The Kier molecular flexibility index (Phi) is 2.37. The lowest BCUT2D eigenvalue weighted by atomic mass is 10.1. The average Bonchev–Trinajstić information content (AvgIpc) is 2.24. The molecule has 0 bridgehead atoms. The van der Waals surface area contributed by atoms with Crippen molar-refractivity contribution in [3.8, 4) is 0 Å². The van der Waals surface area contributed by atoms with E-state index in [9.17, 15) is 9.59 Å². The standard InChI is InChI=1S/C12H11NO2/c1-9-7-11(14)12(15)13(8-9)10-5-3-2-4-6-10/h2-6,8H,7H2,1H3. The minimum Gasteiger partial charge on any atom is -0.288 e. The molecule has 1 heterocycles. The van der Waals surface area contributed by atoms with E-state index in [1.807, 2.05) is 25.1 Å². The zero-order valence-electron chi connectivity index (χ0n) is 8.43. The molecule has 0 atom stereocenters. The van der Waals surface area contributed by atoms with Gasteiger partial charge in [-0.25, -0.2) is 0 Å². The third-order valence-electron chi connectivity index (χ3n) is 2.28. The highest BCUT2D eigenvalue weighted by Gasteiger charge is 2.26. The number of hydrogen-bond acceptors (Lipinski definition) is 2. The van der Waals surface area contributed by atoms with E-state index in [2.05, 4.69) is 0 Å². The van der Waals surface area contributed by atoms with Crippen LogP contribution in [0.15, 0.2) is 42.1 Å². The second kappa shape index (κ2) is 3.69. The molecule has 0 saturated heterocycles. The van der Waals surface area contributed by atoms with E-state index in [0.29, 0.717) is 0 Å². The second-order valence-corrected chi connectivity index (χ2v) is 3.59. The Morgan fingerprint density at radius 2 is 1.80 bits per heavy atom. The summed E-state index contributed by atoms with van der Waals surface area (Å²) in [6, 6.07) is 9.16. The first-order valence-electron chi connectivity index (χ1n) is 4.77. The molecule has 1 aromatic carbocycles. The topological polar surface area (TPSA) is 37.4 Å². The third-order valence-corrected chi connectivity index (χ3v) is 2.28. The maximum Gasteiger partial charge on any atom is 0.298 e. The van der Waals surface area contributed by atoms with Crippen molar-refractivity contribution in [1.29, 1.82) is 0 Å². The lowest BCUT2D eigenvalue weighted by molar-refractivity contribution is -0.135. The fraction of sp³-hybridized carbons (Fsp3) is 0.167. The van der Waals surface area contributed by atoms with E-state index in [1.165, 1.54) is 4.90 Å². The Morgan fingerprint density at radius 1 is 1.13 bits per heavy atom. The molecule has 1 amide bonds. The summed E-state index contributed by atoms with van der Waals surface area (Å²) in [6.07, 6.45) is 1.96. The van der Waals surface area contributed by atoms with Crippen molar-refractivity contribution in [1.82, 2.24) is 0 Å². The number of ketones is 1. The first-order chi connectivity index (χ1) is 7.18. The number of rotatable bonds is 1. The van der Waals surface area contributed by atoms with Gasteiger partial charge in [0.05, 0.1) is 0 Å². The van der Waals surface area contributed by atoms with Crippen molar-refractivity contribution < 1.29 is 9.59 Å². The first-order valence-corrected chi connectivity index (χ1v) is 4.77. The highest BCUT2D eigenvalue weighted by atomic mass is 16.2. The molecule has 1 aliphatic heterocycles. The Bertz CT molecular complexity index is 434. The first kappa shape index (κ1) is 9.65. The largest absolute Gasteiger partial charge is 0.298 e. The molecule has 0 unspecified atom stereocenters. The Balaban J connectivity index is 2.41. The number of Topliss-reactive ketones (excluding diaryl/α,β-unsaturated/α-hetero) is 1. The van der Waals surface area contributed by atoms with Crippen LogP contribution >= 0.6 is 0 Å². The van der Waals surface area contributed by atoms with E-state index in [1.54, 1.807) is 18.3 Å². The van der Waals surface area contributed by atoms with E-state index in [4.69, 9.17) is 0 Å². The van der Waals surface area contributed by atoms with E-state index in [-0.39, 0.29) is 12.2 Å². The summed E-state index contributed by atoms with van der Waals surface area (Å²) in [6.45, 7) is 1.85. The fourth-order valence-electron chi connectivity index (χ4n) is 1.57. The zero-order valence-corrected chi connectivity index (χ0v) is 8.43. The molecule has 0 fully saturated rings. The molecule has 0 radical (unpaired) electrons. The zero-order chi connectivity index (χ0) is 10.8. The van der Waals surface area contributed by atoms with Crippen molar-refractivity contribution in [2.45, 2.75) is 13.3 Å². The summed E-state index contributed by atoms with van der Waals surface area (Å²) in [7, 11) is 0. The summed E-state index contributed by atoms with van der Waals surface area (Å²) < 4.78 is 0. The quantitative estimate of drug-likeness (QED) is 0.651. The van der Waals surface area contributed by atoms with Crippen LogP contribution in [0.5, 0.6) is 0 Å². The predicted octanol–water partition coefficient (Wildman–Crippen LogP) is 1.90. The van der Waals surface area contributed by atoms with Crippen LogP contribution in [-0.2, 0) is 9.59 Å². The molecule has 0 saturated carbocycles. The molecule has 1 aromatic rings. The summed E-state index contributed by atoms with van der Waals surface area (Å²) in [5.74, 6) is -0.800. The van der Waals surface area contributed by atoms with Crippen LogP contribution in [0.25, 0.3) is 0 Å². The van der Waals surface area contributed by atoms with Gasteiger partial charge in [-0.05, 0) is 24.6 Å². The van der Waals surface area contributed by atoms with Crippen molar-refractivity contribution in [3.63, 3.8) is 0 Å². The van der Waals surface area contributed by atoms with Crippen LogP contribution in [0.2, 0.25) is 0 Å². The number of hydrogen-bond donors (Lipinski definition) is 0. The lowest BCUT2D eigenvalue weighted by Crippen LogP contribution is -2.36. The normalized spacial score (nSPS) is 16.6. The van der Waals surface area contributed by atoms with E-state index >= 15 is 0 Å². The summed E-state index contributed by atoms with van der Waals surface area (Å²) in [4.78, 5) is 24.4. The van der Waals surface area contributed by atoms with Gasteiger partial charge in [0, 0.05) is 18.3 Å². The van der Waals surface area contributed by atoms with Gasteiger partial charge >= 0.3 is 0 Å². The lowest BCUT2D eigenvalue weighted by Gasteiger charge is -2.22. The summed E-state index contributed by atoms with van der Waals surface area (Å²) >= 11 is 0. The Labute approximate surface area is 88.0 Å². The molecule has 1 aliphatic rings. The molecule has 3 heteroatoms. The molecule has 0 N–H and O–H groups in total. The SMILES string of the molecule is CC1=CN(c2ccccc2)C(=O)C(=O)C1. The molecule has 15 heavy (non-hydrogen) atoms. The van der Waals surface area contributed by atoms with Crippen LogP contribution < -0.4 is 4.90 Å². The van der Waals surface area contributed by atoms with Crippen LogP contribution in [-0.4, -0.2) is 11.7 Å². The van der Waals surface area contributed by atoms with Crippen LogP contribution in [0.3, 0.4) is 0 Å². The Hall–Kier alpha value is -1.90. The van der Waals surface area contributed by atoms with Crippen molar-refractivity contribution in [3.05, 3.63) is 42.1 Å². The number of amides is 1. The minimum absolute atomic E-state index is 0.238. The van der Waals surface area contributed by atoms with Crippen LogP contribution in [0.1, 0.15) is 13.3 Å². The van der Waals surface area contributed by atoms with Gasteiger partial charge in [0.2, 0.25) is 5.78 Å². The molecule has 0 spiro atoms. The third kappa shape index (κ3) is 1.81. The van der Waals surface area contributed by atoms with Gasteiger partial charge in [-0.3, -0.25) is 14.5 Å². The van der Waals surface area contributed by atoms with Gasteiger partial charge in [-0.1, -0.05) is 18.2 Å². The monoisotopic (exact) mass is 201 g/mol. The molecule has 3 nitrogen and oxygen atoms in total. The number of carbonyl (C=O) groups excluding carboxylic acids is 2. The molecular weight excluding hydrogens is 190 g/mol. The van der Waals surface area contributed by atoms with Gasteiger partial charge in [-0.2, -0.15) is 0 Å². The highest BCUT2D eigenvalue weighted by molar-refractivity contribution is 6.43. The molecular formula is C12H11NO2. The van der Waals surface area contributed by atoms with E-state index < -0.39 is 5.91 Å². The molecule has 2 rings (SSSR count). The predicted molar refractivity (Wildman–Crippen MR) is 57.3 cm³/mol. The van der Waals surface area contributed by atoms with Crippen molar-refractivity contribution in [2.24, 2.45) is 0 Å².